The molecule has 0 heterocycles. The van der Waals surface area contributed by atoms with E-state index in [4.69, 9.17) is 0 Å². The average Bonchev–Trinajstić information content (AvgIpc) is 3.40. The summed E-state index contributed by atoms with van der Waals surface area (Å²) in [7, 11) is 0. The van der Waals surface area contributed by atoms with Crippen LogP contribution in [0.15, 0.2) is 248 Å². The van der Waals surface area contributed by atoms with Gasteiger partial charge in [-0.25, -0.2) is 0 Å². The summed E-state index contributed by atoms with van der Waals surface area (Å²) in [6, 6.07) is 76.9. The van der Waals surface area contributed by atoms with E-state index < -0.39 is 0 Å². The fourth-order valence-electron chi connectivity index (χ4n) is 12.0. The van der Waals surface area contributed by atoms with Crippen molar-refractivity contribution < 1.29 is 0 Å². The fourth-order valence-corrected chi connectivity index (χ4v) is 12.0. The zero-order valence-corrected chi connectivity index (χ0v) is 37.4. The van der Waals surface area contributed by atoms with Gasteiger partial charge in [0.1, 0.15) is 0 Å². The van der Waals surface area contributed by atoms with Gasteiger partial charge in [0.2, 0.25) is 0 Å². The minimum atomic E-state index is 0.391. The largest absolute Gasteiger partial charge is 0.310 e. The molecule has 10 aromatic rings. The molecule has 0 aliphatic heterocycles. The molecule has 1 heteroatoms. The van der Waals surface area contributed by atoms with Crippen molar-refractivity contribution in [2.45, 2.75) is 25.2 Å². The van der Waals surface area contributed by atoms with Crippen molar-refractivity contribution in [3.8, 4) is 22.3 Å². The Kier molecular flexibility index (Phi) is 9.67. The van der Waals surface area contributed by atoms with Gasteiger partial charge in [0, 0.05) is 28.6 Å². The van der Waals surface area contributed by atoms with Gasteiger partial charge < -0.3 is 4.90 Å². The highest BCUT2D eigenvalue weighted by molar-refractivity contribution is 6.21. The molecule has 10 aromatic carbocycles. The Morgan fingerprint density at radius 2 is 0.970 bits per heavy atom. The minimum absolute atomic E-state index is 0.391. The lowest BCUT2D eigenvalue weighted by Crippen LogP contribution is -2.28. The highest BCUT2D eigenvalue weighted by Gasteiger charge is 2.38. The third-order valence-electron chi connectivity index (χ3n) is 14.9. The van der Waals surface area contributed by atoms with Crippen molar-refractivity contribution >= 4 is 65.7 Å². The Balaban J connectivity index is 0.973. The van der Waals surface area contributed by atoms with E-state index in [1.54, 1.807) is 5.57 Å². The Morgan fingerprint density at radius 3 is 1.63 bits per heavy atom. The highest BCUT2D eigenvalue weighted by atomic mass is 15.1. The Morgan fingerprint density at radius 1 is 0.418 bits per heavy atom. The predicted octanol–water partition coefficient (Wildman–Crippen LogP) is 18.1. The topological polar surface area (TPSA) is 3.24 Å². The predicted molar refractivity (Wildman–Crippen MR) is 285 cm³/mol. The summed E-state index contributed by atoms with van der Waals surface area (Å²) >= 11 is 0. The number of hydrogen-bond acceptors (Lipinski definition) is 1. The molecule has 13 rings (SSSR count). The molecule has 0 fully saturated rings. The van der Waals surface area contributed by atoms with Gasteiger partial charge in [-0.15, -0.1) is 0 Å². The number of benzene rings is 10. The lowest BCUT2D eigenvalue weighted by atomic mass is 9.62. The third-order valence-corrected chi connectivity index (χ3v) is 14.9. The number of anilines is 3. The molecule has 0 aromatic heterocycles. The second-order valence-corrected chi connectivity index (χ2v) is 18.5. The molecule has 0 bridgehead atoms. The molecule has 3 unspecified atom stereocenters. The number of fused-ring (bicyclic) bond motifs is 7. The zero-order valence-electron chi connectivity index (χ0n) is 37.4. The van der Waals surface area contributed by atoms with Crippen LogP contribution in [0.4, 0.5) is 17.1 Å². The van der Waals surface area contributed by atoms with Crippen LogP contribution in [0.3, 0.4) is 0 Å². The average molecular weight is 856 g/mol. The van der Waals surface area contributed by atoms with Gasteiger partial charge in [0.15, 0.2) is 0 Å². The highest BCUT2D eigenvalue weighted by Crippen LogP contribution is 2.53. The molecule has 1 nitrogen and oxygen atoms in total. The van der Waals surface area contributed by atoms with Gasteiger partial charge in [-0.1, -0.05) is 218 Å². The molecule has 318 valence electrons. The number of rotatable bonds is 7. The van der Waals surface area contributed by atoms with Crippen LogP contribution in [0.1, 0.15) is 41.9 Å². The maximum absolute atomic E-state index is 2.53. The van der Waals surface area contributed by atoms with E-state index >= 15 is 0 Å². The van der Waals surface area contributed by atoms with Gasteiger partial charge in [-0.05, 0) is 138 Å². The van der Waals surface area contributed by atoms with Crippen molar-refractivity contribution in [1.82, 2.24) is 0 Å². The molecule has 3 aliphatic rings. The summed E-state index contributed by atoms with van der Waals surface area (Å²) in [4.78, 5) is 2.48. The molecule has 0 radical (unpaired) electrons. The smallest absolute Gasteiger partial charge is 0.0546 e. The second-order valence-electron chi connectivity index (χ2n) is 18.5. The first-order valence-corrected chi connectivity index (χ1v) is 24.0. The third kappa shape index (κ3) is 6.60. The first kappa shape index (κ1) is 39.4. The van der Waals surface area contributed by atoms with Gasteiger partial charge in [0.05, 0.1) is 5.69 Å². The molecular formula is C66H49N. The van der Waals surface area contributed by atoms with Gasteiger partial charge in [0.25, 0.3) is 0 Å². The van der Waals surface area contributed by atoms with E-state index in [0.717, 1.165) is 36.3 Å². The van der Waals surface area contributed by atoms with Crippen LogP contribution in [0.5, 0.6) is 0 Å². The van der Waals surface area contributed by atoms with Crippen molar-refractivity contribution in [2.24, 2.45) is 11.8 Å². The molecule has 0 saturated heterocycles. The van der Waals surface area contributed by atoms with E-state index in [2.05, 4.69) is 248 Å². The van der Waals surface area contributed by atoms with Crippen molar-refractivity contribution in [1.29, 1.82) is 0 Å². The zero-order chi connectivity index (χ0) is 44.3. The summed E-state index contributed by atoms with van der Waals surface area (Å²) in [5, 5.41) is 10.0. The van der Waals surface area contributed by atoms with Crippen LogP contribution >= 0.6 is 0 Å². The molecule has 3 atom stereocenters. The fraction of sp³-hybridized carbons (Fsp3) is 0.0909. The van der Waals surface area contributed by atoms with Crippen LogP contribution in [-0.2, 0) is 0 Å². The molecule has 0 N–H and O–H groups in total. The van der Waals surface area contributed by atoms with Gasteiger partial charge >= 0.3 is 0 Å². The summed E-state index contributed by atoms with van der Waals surface area (Å²) < 4.78 is 0. The maximum Gasteiger partial charge on any atom is 0.0546 e. The van der Waals surface area contributed by atoms with Crippen LogP contribution in [0.2, 0.25) is 0 Å². The van der Waals surface area contributed by atoms with Crippen LogP contribution in [0, 0.1) is 11.8 Å². The van der Waals surface area contributed by atoms with E-state index in [0.29, 0.717) is 17.8 Å². The number of allylic oxidation sites excluding steroid dienone is 7. The number of hydrogen-bond donors (Lipinski definition) is 0. The summed E-state index contributed by atoms with van der Waals surface area (Å²) in [5.41, 5.74) is 15.6. The second kappa shape index (κ2) is 16.5. The molecule has 3 aliphatic carbocycles. The summed E-state index contributed by atoms with van der Waals surface area (Å²) in [6.07, 6.45) is 17.5. The molecule has 0 saturated carbocycles. The van der Waals surface area contributed by atoms with E-state index in [9.17, 15) is 0 Å². The first-order valence-electron chi connectivity index (χ1n) is 24.0. The van der Waals surface area contributed by atoms with E-state index in [1.165, 1.54) is 87.6 Å². The first-order chi connectivity index (χ1) is 33.3. The Labute approximate surface area is 393 Å². The Bertz CT molecular complexity index is 3600. The van der Waals surface area contributed by atoms with Crippen LogP contribution < -0.4 is 4.90 Å². The van der Waals surface area contributed by atoms with Crippen LogP contribution in [-0.4, -0.2) is 0 Å². The van der Waals surface area contributed by atoms with E-state index in [-0.39, 0.29) is 0 Å². The van der Waals surface area contributed by atoms with Crippen molar-refractivity contribution in [3.63, 3.8) is 0 Å². The minimum Gasteiger partial charge on any atom is -0.310 e. The Hall–Kier alpha value is -8.00. The van der Waals surface area contributed by atoms with Crippen molar-refractivity contribution in [2.75, 3.05) is 4.90 Å². The quantitative estimate of drug-likeness (QED) is 0.0877. The van der Waals surface area contributed by atoms with E-state index in [1.807, 2.05) is 0 Å². The summed E-state index contributed by atoms with van der Waals surface area (Å²) in [6.45, 7) is 0. The standard InChI is InChI=1S/C66H49N/c1-3-19-44(20-4-1)63-54-27-11-15-31-58(54)65(59-32-16-12-28-55(59)63)46-35-39-49(40-36-46)67(62-43-48-23-7-8-24-51(48)52-25-9-10-26-53(52)62)50-41-37-47(38-42-50)66-60-33-17-13-29-56(60)64(45-21-5-2-6-22-45)57-30-14-18-34-61(57)66/h1-17,19-21,23-33,35-43,45,57,64H,18,22,34H2. The molecule has 0 amide bonds. The lowest BCUT2D eigenvalue weighted by molar-refractivity contribution is 0.421. The van der Waals surface area contributed by atoms with Crippen molar-refractivity contribution in [3.05, 3.63) is 265 Å². The van der Waals surface area contributed by atoms with Crippen LogP contribution in [0.25, 0.3) is 70.9 Å². The van der Waals surface area contributed by atoms with Gasteiger partial charge in [-0.3, -0.25) is 0 Å². The van der Waals surface area contributed by atoms with Gasteiger partial charge in [-0.2, -0.15) is 0 Å². The monoisotopic (exact) mass is 855 g/mol. The number of nitrogens with zero attached hydrogens (tertiary/aromatic N) is 1. The molecule has 67 heavy (non-hydrogen) atoms. The normalized spacial score (nSPS) is 17.6. The lowest BCUT2D eigenvalue weighted by Gasteiger charge is -2.41. The summed E-state index contributed by atoms with van der Waals surface area (Å²) in [5.74, 6) is 1.31. The molecular weight excluding hydrogens is 807 g/mol. The SMILES string of the molecule is C1=CCC(C2c3ccccc3C(c3ccc(N(c4ccc(-c5c6ccccc6c(-c6ccccc6)c6ccccc56)cc4)c4cc5ccccc5c5ccccc45)cc3)=C3CCC=CC32)C=C1. The molecule has 0 spiro atoms. The maximum atomic E-state index is 2.53.